The molecule has 0 amide bonds. The average Bonchev–Trinajstić information content (AvgIpc) is 3.03. The van der Waals surface area contributed by atoms with Gasteiger partial charge in [-0.2, -0.15) is 10.2 Å². The van der Waals surface area contributed by atoms with Crippen molar-refractivity contribution >= 4 is 5.97 Å². The lowest BCUT2D eigenvalue weighted by Gasteiger charge is -2.12. The van der Waals surface area contributed by atoms with Crippen LogP contribution in [-0.4, -0.2) is 38.0 Å². The molecule has 0 saturated heterocycles. The van der Waals surface area contributed by atoms with Gasteiger partial charge < -0.3 is 9.30 Å². The number of methoxy groups -OCH3 is 1. The molecule has 0 bridgehead atoms. The number of nitrogens with zero attached hydrogens (tertiary/aromatic N) is 3. The summed E-state index contributed by atoms with van der Waals surface area (Å²) in [6.07, 6.45) is 3.29. The zero-order chi connectivity index (χ0) is 15.9. The number of aryl methyl sites for hydroxylation is 2. The minimum Gasteiger partial charge on any atom is -0.465 e. The molecule has 2 aliphatic heterocycles. The maximum atomic E-state index is 11.9. The van der Waals surface area contributed by atoms with E-state index < -0.39 is 5.97 Å². The standard InChI is InChI=1S/C14H15N5O3/c1-7-9(8(2)16-15-7)4-19-5-10-12(17-18-13(10)20)11(6-19)14(21)22-3/h5-6H,4H2,1-3H3,(H,15,16)(H,18,20). The third-order valence-electron chi connectivity index (χ3n) is 3.64. The van der Waals surface area contributed by atoms with E-state index in [1.165, 1.54) is 7.11 Å². The molecule has 2 aliphatic rings. The first-order chi connectivity index (χ1) is 10.5. The Morgan fingerprint density at radius 3 is 2.68 bits per heavy atom. The van der Waals surface area contributed by atoms with E-state index in [0.717, 1.165) is 17.0 Å². The summed E-state index contributed by atoms with van der Waals surface area (Å²) < 4.78 is 6.52. The first-order valence-corrected chi connectivity index (χ1v) is 6.68. The topological polar surface area (TPSA) is 106 Å². The van der Waals surface area contributed by atoms with Crippen molar-refractivity contribution in [1.82, 2.24) is 25.0 Å². The Morgan fingerprint density at radius 1 is 1.27 bits per heavy atom. The van der Waals surface area contributed by atoms with Crippen LogP contribution < -0.4 is 5.56 Å². The fourth-order valence-corrected chi connectivity index (χ4v) is 2.43. The Hall–Kier alpha value is -2.90. The lowest BCUT2D eigenvalue weighted by Crippen LogP contribution is -2.13. The summed E-state index contributed by atoms with van der Waals surface area (Å²) in [6, 6.07) is 0. The summed E-state index contributed by atoms with van der Waals surface area (Å²) in [5.74, 6) is -0.536. The Morgan fingerprint density at radius 2 is 2.05 bits per heavy atom. The fourth-order valence-electron chi connectivity index (χ4n) is 2.43. The number of H-pyrrole nitrogens is 2. The molecule has 114 valence electrons. The van der Waals surface area contributed by atoms with Gasteiger partial charge in [0.05, 0.1) is 24.9 Å². The second-order valence-electron chi connectivity index (χ2n) is 5.06. The van der Waals surface area contributed by atoms with Crippen molar-refractivity contribution < 1.29 is 9.53 Å². The molecule has 0 spiro atoms. The van der Waals surface area contributed by atoms with Gasteiger partial charge in [-0.1, -0.05) is 0 Å². The van der Waals surface area contributed by atoms with Crippen LogP contribution in [-0.2, 0) is 11.3 Å². The maximum absolute atomic E-state index is 11.9. The summed E-state index contributed by atoms with van der Waals surface area (Å²) in [4.78, 5) is 23.7. The van der Waals surface area contributed by atoms with E-state index in [0.29, 0.717) is 17.8 Å². The quantitative estimate of drug-likeness (QED) is 0.698. The van der Waals surface area contributed by atoms with Crippen LogP contribution in [0.4, 0.5) is 0 Å². The third-order valence-corrected chi connectivity index (χ3v) is 3.64. The van der Waals surface area contributed by atoms with Crippen LogP contribution in [0.25, 0.3) is 11.3 Å². The van der Waals surface area contributed by atoms with E-state index in [1.807, 2.05) is 13.8 Å². The Bertz CT molecular complexity index is 854. The molecule has 0 aromatic carbocycles. The molecule has 0 radical (unpaired) electrons. The van der Waals surface area contributed by atoms with Crippen LogP contribution in [0, 0.1) is 13.8 Å². The SMILES string of the molecule is COC(=O)c1cn(Cc2c(C)n[nH]c2C)cc2c(=O)[nH]nc1-2. The van der Waals surface area contributed by atoms with Crippen LogP contribution in [0.5, 0.6) is 0 Å². The van der Waals surface area contributed by atoms with Crippen molar-refractivity contribution in [2.45, 2.75) is 20.4 Å². The average molecular weight is 301 g/mol. The minimum atomic E-state index is -0.536. The van der Waals surface area contributed by atoms with Gasteiger partial charge in [0, 0.05) is 23.7 Å². The first-order valence-electron chi connectivity index (χ1n) is 6.68. The number of hydrogen-bond donors (Lipinski definition) is 2. The van der Waals surface area contributed by atoms with E-state index in [2.05, 4.69) is 20.4 Å². The van der Waals surface area contributed by atoms with Crippen molar-refractivity contribution in [2.24, 2.45) is 0 Å². The van der Waals surface area contributed by atoms with E-state index in [1.54, 1.807) is 17.0 Å². The molecule has 0 atom stereocenters. The molecule has 0 unspecified atom stereocenters. The van der Waals surface area contributed by atoms with Crippen LogP contribution in [0.2, 0.25) is 0 Å². The predicted molar refractivity (Wildman–Crippen MR) is 78.0 cm³/mol. The number of carbonyl (C=O) groups excluding carboxylic acids is 1. The normalized spacial score (nSPS) is 11.0. The number of hydrogen-bond acceptors (Lipinski definition) is 5. The van der Waals surface area contributed by atoms with E-state index in [-0.39, 0.29) is 11.1 Å². The lowest BCUT2D eigenvalue weighted by molar-refractivity contribution is 0.0600. The molecule has 22 heavy (non-hydrogen) atoms. The van der Waals surface area contributed by atoms with Crippen LogP contribution in [0.1, 0.15) is 27.3 Å². The highest BCUT2D eigenvalue weighted by atomic mass is 16.5. The lowest BCUT2D eigenvalue weighted by atomic mass is 10.1. The number of pyridine rings is 1. The van der Waals surface area contributed by atoms with Crippen molar-refractivity contribution in [3.8, 4) is 11.3 Å². The van der Waals surface area contributed by atoms with Crippen LogP contribution >= 0.6 is 0 Å². The summed E-state index contributed by atoms with van der Waals surface area (Å²) in [6.45, 7) is 4.31. The number of fused-ring (bicyclic) bond motifs is 1. The zero-order valence-electron chi connectivity index (χ0n) is 12.4. The van der Waals surface area contributed by atoms with Gasteiger partial charge in [0.15, 0.2) is 0 Å². The zero-order valence-corrected chi connectivity index (χ0v) is 12.4. The Kier molecular flexibility index (Phi) is 3.28. The molecule has 3 rings (SSSR count). The second kappa shape index (κ2) is 5.14. The van der Waals surface area contributed by atoms with Crippen LogP contribution in [0.3, 0.4) is 0 Å². The molecule has 0 aliphatic carbocycles. The summed E-state index contributed by atoms with van der Waals surface area (Å²) in [5.41, 5.74) is 3.40. The highest BCUT2D eigenvalue weighted by Gasteiger charge is 2.22. The van der Waals surface area contributed by atoms with Gasteiger partial charge >= 0.3 is 5.97 Å². The van der Waals surface area contributed by atoms with E-state index in [9.17, 15) is 9.59 Å². The van der Waals surface area contributed by atoms with Crippen molar-refractivity contribution in [3.05, 3.63) is 45.3 Å². The third kappa shape index (κ3) is 2.18. The molecule has 3 heterocycles. The highest BCUT2D eigenvalue weighted by molar-refractivity contribution is 5.95. The number of aromatic nitrogens is 5. The molecule has 1 aromatic rings. The predicted octanol–water partition coefficient (Wildman–Crippen LogP) is 0.851. The van der Waals surface area contributed by atoms with Crippen molar-refractivity contribution in [3.63, 3.8) is 0 Å². The number of esters is 1. The summed E-state index contributed by atoms with van der Waals surface area (Å²) in [7, 11) is 1.29. The number of nitrogens with one attached hydrogen (secondary N) is 2. The number of aromatic amines is 2. The first kappa shape index (κ1) is 14.1. The van der Waals surface area contributed by atoms with Gasteiger partial charge in [-0.25, -0.2) is 9.89 Å². The monoisotopic (exact) mass is 301 g/mol. The van der Waals surface area contributed by atoms with Gasteiger partial charge in [0.1, 0.15) is 11.3 Å². The highest BCUT2D eigenvalue weighted by Crippen LogP contribution is 2.22. The Balaban J connectivity index is 2.14. The largest absolute Gasteiger partial charge is 0.465 e. The van der Waals surface area contributed by atoms with Crippen molar-refractivity contribution in [1.29, 1.82) is 0 Å². The molecule has 0 saturated carbocycles. The van der Waals surface area contributed by atoms with Crippen LogP contribution in [0.15, 0.2) is 17.2 Å². The number of ether oxygens (including phenoxy) is 1. The molecule has 0 fully saturated rings. The van der Waals surface area contributed by atoms with Gasteiger partial charge in [-0.3, -0.25) is 9.89 Å². The van der Waals surface area contributed by atoms with E-state index >= 15 is 0 Å². The fraction of sp³-hybridized carbons (Fsp3) is 0.286. The molecular formula is C14H15N5O3. The van der Waals surface area contributed by atoms with Gasteiger partial charge in [-0.05, 0) is 13.8 Å². The maximum Gasteiger partial charge on any atom is 0.341 e. The van der Waals surface area contributed by atoms with Gasteiger partial charge in [-0.15, -0.1) is 0 Å². The van der Waals surface area contributed by atoms with Crippen molar-refractivity contribution in [2.75, 3.05) is 7.11 Å². The second-order valence-corrected chi connectivity index (χ2v) is 5.06. The summed E-state index contributed by atoms with van der Waals surface area (Å²) in [5, 5.41) is 13.3. The summed E-state index contributed by atoms with van der Waals surface area (Å²) >= 11 is 0. The van der Waals surface area contributed by atoms with Gasteiger partial charge in [0.2, 0.25) is 0 Å². The molecule has 8 nitrogen and oxygen atoms in total. The molecular weight excluding hydrogens is 286 g/mol. The smallest absolute Gasteiger partial charge is 0.341 e. The molecule has 1 aromatic heterocycles. The Labute approximate surface area is 125 Å². The number of carbonyl (C=O) groups is 1. The molecule has 8 heteroatoms. The minimum absolute atomic E-state index is 0.247. The number of rotatable bonds is 3. The van der Waals surface area contributed by atoms with Gasteiger partial charge in [0.25, 0.3) is 5.56 Å². The molecule has 2 N–H and O–H groups in total. The van der Waals surface area contributed by atoms with E-state index in [4.69, 9.17) is 4.74 Å².